The molecule has 1 atom stereocenters. The molecule has 0 radical (unpaired) electrons. The Balaban J connectivity index is 1.85. The van der Waals surface area contributed by atoms with Gasteiger partial charge in [0.2, 0.25) is 0 Å². The first-order valence-electron chi connectivity index (χ1n) is 7.27. The van der Waals surface area contributed by atoms with Crippen LogP contribution >= 0.6 is 0 Å². The Kier molecular flexibility index (Phi) is 6.46. The first kappa shape index (κ1) is 16.9. The van der Waals surface area contributed by atoms with Gasteiger partial charge in [-0.3, -0.25) is 4.79 Å². The lowest BCUT2D eigenvalue weighted by Gasteiger charge is -2.21. The second-order valence-corrected chi connectivity index (χ2v) is 4.87. The van der Waals surface area contributed by atoms with E-state index in [1.54, 1.807) is 18.2 Å². The Bertz CT molecular complexity index is 606. The lowest BCUT2D eigenvalue weighted by atomic mass is 10.2. The first-order valence-corrected chi connectivity index (χ1v) is 7.27. The van der Waals surface area contributed by atoms with Crippen LogP contribution in [-0.4, -0.2) is 34.9 Å². The molecule has 1 saturated heterocycles. The number of amides is 1. The Labute approximate surface area is 133 Å². The molecule has 2 heterocycles. The van der Waals surface area contributed by atoms with E-state index in [1.807, 2.05) is 0 Å². The van der Waals surface area contributed by atoms with Crippen LogP contribution in [0.25, 0.3) is 12.2 Å². The summed E-state index contributed by atoms with van der Waals surface area (Å²) in [6.45, 7) is 0.636. The molecule has 0 saturated carbocycles. The molecule has 0 aromatic carbocycles. The molecule has 2 N–H and O–H groups in total. The Morgan fingerprint density at radius 2 is 2.00 bits per heavy atom. The van der Waals surface area contributed by atoms with Gasteiger partial charge in [-0.1, -0.05) is 6.07 Å². The van der Waals surface area contributed by atoms with Crippen LogP contribution in [0.2, 0.25) is 0 Å². The fourth-order valence-electron chi connectivity index (χ4n) is 1.93. The monoisotopic (exact) mass is 318 g/mol. The Hall–Kier alpha value is -2.51. The number of nitrogens with zero attached hydrogens (tertiary/aromatic N) is 1. The zero-order valence-corrected chi connectivity index (χ0v) is 12.5. The van der Waals surface area contributed by atoms with Crippen molar-refractivity contribution in [2.24, 2.45) is 0 Å². The van der Waals surface area contributed by atoms with Crippen molar-refractivity contribution in [3.63, 3.8) is 0 Å². The maximum absolute atomic E-state index is 11.7. The number of hydroxylamine groups is 1. The van der Waals surface area contributed by atoms with Gasteiger partial charge in [-0.2, -0.15) is 0 Å². The van der Waals surface area contributed by atoms with E-state index in [1.165, 1.54) is 18.2 Å². The van der Waals surface area contributed by atoms with Crippen molar-refractivity contribution in [2.45, 2.75) is 25.6 Å². The van der Waals surface area contributed by atoms with Crippen LogP contribution in [0.5, 0.6) is 0 Å². The highest BCUT2D eigenvalue weighted by Crippen LogP contribution is 2.12. The third-order valence-corrected chi connectivity index (χ3v) is 3.02. The molecule has 0 aliphatic carbocycles. The number of carbonyl (C=O) groups excluding carboxylic acids is 1. The van der Waals surface area contributed by atoms with Gasteiger partial charge in [-0.15, -0.1) is 0 Å². The highest BCUT2D eigenvalue weighted by atomic mass is 16.8. The summed E-state index contributed by atoms with van der Waals surface area (Å²) in [6.07, 6.45) is 7.55. The zero-order chi connectivity index (χ0) is 16.5. The molecule has 122 valence electrons. The summed E-state index contributed by atoms with van der Waals surface area (Å²) >= 11 is 0. The standard InChI is InChI=1S/C16H18N2O5/c19-14(18-23-16-6-1-2-11-22-16)9-7-12-4-3-5-13(17-12)8-10-15(20)21/h3-5,7-10,16H,1-2,6,11H2,(H,18,19)(H,20,21). The van der Waals surface area contributed by atoms with Crippen molar-refractivity contribution in [3.8, 4) is 0 Å². The van der Waals surface area contributed by atoms with Gasteiger partial charge in [0, 0.05) is 25.2 Å². The summed E-state index contributed by atoms with van der Waals surface area (Å²) in [6, 6.07) is 5.09. The predicted molar refractivity (Wildman–Crippen MR) is 82.8 cm³/mol. The molecular weight excluding hydrogens is 300 g/mol. The van der Waals surface area contributed by atoms with E-state index in [-0.39, 0.29) is 0 Å². The number of aromatic nitrogens is 1. The van der Waals surface area contributed by atoms with Gasteiger partial charge in [-0.25, -0.2) is 20.1 Å². The van der Waals surface area contributed by atoms with Crippen molar-refractivity contribution in [3.05, 3.63) is 41.7 Å². The molecule has 1 amide bonds. The van der Waals surface area contributed by atoms with Gasteiger partial charge in [0.15, 0.2) is 6.29 Å². The molecule has 0 bridgehead atoms. The lowest BCUT2D eigenvalue weighted by Crippen LogP contribution is -2.32. The number of hydrogen-bond donors (Lipinski definition) is 2. The molecule has 1 aliphatic heterocycles. The molecule has 2 rings (SSSR count). The van der Waals surface area contributed by atoms with Crippen LogP contribution in [0.4, 0.5) is 0 Å². The average Bonchev–Trinajstić information content (AvgIpc) is 2.57. The molecule has 1 fully saturated rings. The maximum Gasteiger partial charge on any atom is 0.328 e. The fourth-order valence-corrected chi connectivity index (χ4v) is 1.93. The van der Waals surface area contributed by atoms with Crippen molar-refractivity contribution in [2.75, 3.05) is 6.61 Å². The minimum Gasteiger partial charge on any atom is -0.478 e. The van der Waals surface area contributed by atoms with Gasteiger partial charge >= 0.3 is 5.97 Å². The van der Waals surface area contributed by atoms with Crippen molar-refractivity contribution >= 4 is 24.0 Å². The van der Waals surface area contributed by atoms with Crippen LogP contribution < -0.4 is 5.48 Å². The van der Waals surface area contributed by atoms with E-state index in [2.05, 4.69) is 10.5 Å². The van der Waals surface area contributed by atoms with Crippen molar-refractivity contribution in [1.82, 2.24) is 10.5 Å². The SMILES string of the molecule is O=C(O)C=Cc1cccc(C=CC(=O)NOC2CCCCO2)n1. The van der Waals surface area contributed by atoms with Crippen LogP contribution in [-0.2, 0) is 19.2 Å². The van der Waals surface area contributed by atoms with Gasteiger partial charge in [0.05, 0.1) is 11.4 Å². The average molecular weight is 318 g/mol. The predicted octanol–water partition coefficient (Wildman–Crippen LogP) is 1.77. The largest absolute Gasteiger partial charge is 0.478 e. The zero-order valence-electron chi connectivity index (χ0n) is 12.5. The lowest BCUT2D eigenvalue weighted by molar-refractivity contribution is -0.198. The smallest absolute Gasteiger partial charge is 0.328 e. The second kappa shape index (κ2) is 8.82. The van der Waals surface area contributed by atoms with Crippen LogP contribution in [0.1, 0.15) is 30.7 Å². The van der Waals surface area contributed by atoms with Crippen molar-refractivity contribution < 1.29 is 24.3 Å². The number of ether oxygens (including phenoxy) is 1. The number of carboxylic acids is 1. The minimum atomic E-state index is -1.05. The normalized spacial score (nSPS) is 18.3. The number of carbonyl (C=O) groups is 2. The summed E-state index contributed by atoms with van der Waals surface area (Å²) in [5.74, 6) is -1.47. The molecule has 1 aromatic rings. The molecule has 1 aromatic heterocycles. The van der Waals surface area contributed by atoms with Crippen LogP contribution in [0.3, 0.4) is 0 Å². The first-order chi connectivity index (χ1) is 11.1. The fraction of sp³-hybridized carbons (Fsp3) is 0.312. The number of pyridine rings is 1. The van der Waals surface area contributed by atoms with Gasteiger partial charge < -0.3 is 9.84 Å². The number of nitrogens with one attached hydrogen (secondary N) is 1. The highest BCUT2D eigenvalue weighted by molar-refractivity contribution is 5.90. The molecule has 7 nitrogen and oxygen atoms in total. The number of hydrogen-bond acceptors (Lipinski definition) is 5. The van der Waals surface area contributed by atoms with Crippen LogP contribution in [0, 0.1) is 0 Å². The Morgan fingerprint density at radius 3 is 2.65 bits per heavy atom. The van der Waals surface area contributed by atoms with E-state index < -0.39 is 18.2 Å². The van der Waals surface area contributed by atoms with E-state index in [9.17, 15) is 9.59 Å². The molecule has 0 spiro atoms. The molecule has 1 unspecified atom stereocenters. The van der Waals surface area contributed by atoms with Gasteiger partial charge in [-0.05, 0) is 37.1 Å². The van der Waals surface area contributed by atoms with Gasteiger partial charge in [0.1, 0.15) is 0 Å². The van der Waals surface area contributed by atoms with E-state index >= 15 is 0 Å². The van der Waals surface area contributed by atoms with E-state index in [0.717, 1.165) is 25.3 Å². The third kappa shape index (κ3) is 6.41. The van der Waals surface area contributed by atoms with Crippen LogP contribution in [0.15, 0.2) is 30.4 Å². The summed E-state index contributed by atoms with van der Waals surface area (Å²) in [5, 5.41) is 8.58. The molecule has 23 heavy (non-hydrogen) atoms. The number of carboxylic acid groups (broad SMARTS) is 1. The molecular formula is C16H18N2O5. The highest BCUT2D eigenvalue weighted by Gasteiger charge is 2.14. The number of aliphatic carboxylic acids is 1. The second-order valence-electron chi connectivity index (χ2n) is 4.87. The van der Waals surface area contributed by atoms with E-state index in [4.69, 9.17) is 14.7 Å². The molecule has 7 heteroatoms. The third-order valence-electron chi connectivity index (χ3n) is 3.02. The summed E-state index contributed by atoms with van der Waals surface area (Å²) in [5.41, 5.74) is 3.32. The quantitative estimate of drug-likeness (QED) is 0.613. The maximum atomic E-state index is 11.7. The minimum absolute atomic E-state index is 0.399. The Morgan fingerprint density at radius 1 is 1.26 bits per heavy atom. The summed E-state index contributed by atoms with van der Waals surface area (Å²) in [7, 11) is 0. The summed E-state index contributed by atoms with van der Waals surface area (Å²) < 4.78 is 5.32. The topological polar surface area (TPSA) is 97.8 Å². The number of rotatable bonds is 6. The van der Waals surface area contributed by atoms with E-state index in [0.29, 0.717) is 18.0 Å². The summed E-state index contributed by atoms with van der Waals surface area (Å²) in [4.78, 5) is 31.5. The molecule has 1 aliphatic rings. The van der Waals surface area contributed by atoms with Gasteiger partial charge in [0.25, 0.3) is 5.91 Å². The van der Waals surface area contributed by atoms with Crippen molar-refractivity contribution in [1.29, 1.82) is 0 Å².